The van der Waals surface area contributed by atoms with Crippen molar-refractivity contribution in [3.8, 4) is 0 Å². The molecule has 0 amide bonds. The van der Waals surface area contributed by atoms with Crippen molar-refractivity contribution in [1.82, 2.24) is 16.0 Å². The maximum atomic E-state index is 5.58. The second-order valence-corrected chi connectivity index (χ2v) is 5.96. The van der Waals surface area contributed by atoms with E-state index in [9.17, 15) is 0 Å². The van der Waals surface area contributed by atoms with Crippen LogP contribution in [0.2, 0.25) is 0 Å². The first-order chi connectivity index (χ1) is 9.01. The molecule has 1 aliphatic heterocycles. The van der Waals surface area contributed by atoms with E-state index in [2.05, 4.69) is 48.6 Å². The fourth-order valence-electron chi connectivity index (χ4n) is 1.94. The monoisotopic (exact) mass is 398 g/mol. The Hall–Kier alpha value is -0.0800. The summed E-state index contributed by atoms with van der Waals surface area (Å²) in [5.74, 6) is 0.883. The Morgan fingerprint density at radius 1 is 1.25 bits per heavy atom. The van der Waals surface area contributed by atoms with E-state index in [0.29, 0.717) is 6.10 Å². The molecule has 0 radical (unpaired) electrons. The maximum absolute atomic E-state index is 5.58. The molecule has 6 heteroatoms. The standard InChI is InChI=1S/C14H30N4O.HI/c1-5-15-13(16-8-9-18-14(2,3)4)17-11-12-7-6-10-19-12;/h12,18H,5-11H2,1-4H3,(H2,15,16,17);1H. The third kappa shape index (κ3) is 9.77. The zero-order valence-electron chi connectivity index (χ0n) is 13.3. The first-order valence-corrected chi connectivity index (χ1v) is 7.40. The van der Waals surface area contributed by atoms with Crippen LogP contribution in [-0.4, -0.2) is 50.4 Å². The summed E-state index contributed by atoms with van der Waals surface area (Å²) >= 11 is 0. The smallest absolute Gasteiger partial charge is 0.191 e. The lowest BCUT2D eigenvalue weighted by Gasteiger charge is -2.21. The first kappa shape index (κ1) is 19.9. The zero-order valence-corrected chi connectivity index (χ0v) is 15.6. The van der Waals surface area contributed by atoms with Crippen molar-refractivity contribution in [3.63, 3.8) is 0 Å². The van der Waals surface area contributed by atoms with Crippen molar-refractivity contribution in [2.45, 2.75) is 52.2 Å². The molecule has 1 atom stereocenters. The number of nitrogens with zero attached hydrogens (tertiary/aromatic N) is 1. The van der Waals surface area contributed by atoms with Crippen LogP contribution < -0.4 is 16.0 Å². The maximum Gasteiger partial charge on any atom is 0.191 e. The Morgan fingerprint density at radius 3 is 2.55 bits per heavy atom. The number of halogens is 1. The van der Waals surface area contributed by atoms with Gasteiger partial charge in [0.2, 0.25) is 0 Å². The van der Waals surface area contributed by atoms with Crippen LogP contribution in [0.3, 0.4) is 0 Å². The van der Waals surface area contributed by atoms with Crippen LogP contribution >= 0.6 is 24.0 Å². The zero-order chi connectivity index (χ0) is 14.1. The van der Waals surface area contributed by atoms with E-state index in [-0.39, 0.29) is 29.5 Å². The summed E-state index contributed by atoms with van der Waals surface area (Å²) in [4.78, 5) is 4.57. The minimum absolute atomic E-state index is 0. The minimum Gasteiger partial charge on any atom is -0.376 e. The van der Waals surface area contributed by atoms with E-state index in [1.54, 1.807) is 0 Å². The highest BCUT2D eigenvalue weighted by Gasteiger charge is 2.14. The van der Waals surface area contributed by atoms with Gasteiger partial charge in [-0.15, -0.1) is 24.0 Å². The molecule has 0 aromatic rings. The van der Waals surface area contributed by atoms with Gasteiger partial charge in [-0.2, -0.15) is 0 Å². The Kier molecular flexibility index (Phi) is 10.6. The van der Waals surface area contributed by atoms with Crippen LogP contribution in [0.1, 0.15) is 40.5 Å². The third-order valence-electron chi connectivity index (χ3n) is 2.89. The summed E-state index contributed by atoms with van der Waals surface area (Å²) < 4.78 is 5.58. The highest BCUT2D eigenvalue weighted by Crippen LogP contribution is 2.11. The lowest BCUT2D eigenvalue weighted by molar-refractivity contribution is 0.117. The van der Waals surface area contributed by atoms with Crippen molar-refractivity contribution in [3.05, 3.63) is 0 Å². The number of nitrogens with one attached hydrogen (secondary N) is 3. The van der Waals surface area contributed by atoms with E-state index >= 15 is 0 Å². The summed E-state index contributed by atoms with van der Waals surface area (Å²) in [5, 5.41) is 10.0. The summed E-state index contributed by atoms with van der Waals surface area (Å²) in [5.41, 5.74) is 0.162. The second kappa shape index (κ2) is 10.6. The summed E-state index contributed by atoms with van der Waals surface area (Å²) in [6.45, 7) is 12.9. The topological polar surface area (TPSA) is 57.7 Å². The molecular weight excluding hydrogens is 367 g/mol. The molecule has 120 valence electrons. The molecule has 0 aliphatic carbocycles. The molecule has 5 nitrogen and oxygen atoms in total. The molecule has 1 rings (SSSR count). The number of hydrogen-bond donors (Lipinski definition) is 3. The highest BCUT2D eigenvalue weighted by atomic mass is 127. The van der Waals surface area contributed by atoms with E-state index in [0.717, 1.165) is 45.2 Å². The molecule has 1 fully saturated rings. The second-order valence-electron chi connectivity index (χ2n) is 5.96. The van der Waals surface area contributed by atoms with Gasteiger partial charge < -0.3 is 20.7 Å². The van der Waals surface area contributed by atoms with Gasteiger partial charge in [0.1, 0.15) is 0 Å². The third-order valence-corrected chi connectivity index (χ3v) is 2.89. The molecule has 20 heavy (non-hydrogen) atoms. The Balaban J connectivity index is 0.00000361. The molecule has 0 aromatic carbocycles. The fraction of sp³-hybridized carbons (Fsp3) is 0.929. The number of aliphatic imine (C=N–C) groups is 1. The van der Waals surface area contributed by atoms with E-state index in [1.807, 2.05) is 0 Å². The lowest BCUT2D eigenvalue weighted by atomic mass is 10.1. The fourth-order valence-corrected chi connectivity index (χ4v) is 1.94. The van der Waals surface area contributed by atoms with Gasteiger partial charge in [-0.1, -0.05) is 0 Å². The van der Waals surface area contributed by atoms with E-state index in [1.165, 1.54) is 6.42 Å². The number of ether oxygens (including phenoxy) is 1. The van der Waals surface area contributed by atoms with Gasteiger partial charge in [0.25, 0.3) is 0 Å². The Bertz CT molecular complexity index is 273. The predicted molar refractivity (Wildman–Crippen MR) is 96.1 cm³/mol. The molecule has 1 aliphatic rings. The average Bonchev–Trinajstić information content (AvgIpc) is 2.83. The number of hydrogen-bond acceptors (Lipinski definition) is 3. The lowest BCUT2D eigenvalue weighted by Crippen LogP contribution is -2.44. The van der Waals surface area contributed by atoms with Crippen LogP contribution in [-0.2, 0) is 4.74 Å². The van der Waals surface area contributed by atoms with Crippen molar-refractivity contribution in [2.75, 3.05) is 32.8 Å². The van der Waals surface area contributed by atoms with Crippen LogP contribution in [0.15, 0.2) is 4.99 Å². The van der Waals surface area contributed by atoms with Crippen LogP contribution in [0.4, 0.5) is 0 Å². The largest absolute Gasteiger partial charge is 0.376 e. The minimum atomic E-state index is 0. The molecule has 0 bridgehead atoms. The SMILES string of the molecule is CCNC(=NCC1CCCO1)NCCNC(C)(C)C.I. The van der Waals surface area contributed by atoms with E-state index < -0.39 is 0 Å². The Labute approximate surface area is 140 Å². The van der Waals surface area contributed by atoms with Gasteiger partial charge in [-0.05, 0) is 40.5 Å². The summed E-state index contributed by atoms with van der Waals surface area (Å²) in [6.07, 6.45) is 2.61. The summed E-state index contributed by atoms with van der Waals surface area (Å²) in [7, 11) is 0. The molecule has 0 spiro atoms. The van der Waals surface area contributed by atoms with Gasteiger partial charge >= 0.3 is 0 Å². The molecular formula is C14H31IN4O. The van der Waals surface area contributed by atoms with Crippen molar-refractivity contribution >= 4 is 29.9 Å². The molecule has 1 heterocycles. The van der Waals surface area contributed by atoms with Crippen LogP contribution in [0, 0.1) is 0 Å². The Morgan fingerprint density at radius 2 is 2.00 bits per heavy atom. The molecule has 0 saturated carbocycles. The molecule has 0 aromatic heterocycles. The number of guanidine groups is 1. The number of rotatable bonds is 6. The molecule has 1 saturated heterocycles. The average molecular weight is 398 g/mol. The molecule has 1 unspecified atom stereocenters. The van der Waals surface area contributed by atoms with Gasteiger partial charge in [0.15, 0.2) is 5.96 Å². The first-order valence-electron chi connectivity index (χ1n) is 7.40. The van der Waals surface area contributed by atoms with Crippen LogP contribution in [0.5, 0.6) is 0 Å². The summed E-state index contributed by atoms with van der Waals surface area (Å²) in [6, 6.07) is 0. The van der Waals surface area contributed by atoms with Crippen LogP contribution in [0.25, 0.3) is 0 Å². The van der Waals surface area contributed by atoms with E-state index in [4.69, 9.17) is 4.74 Å². The highest BCUT2D eigenvalue weighted by molar-refractivity contribution is 14.0. The normalized spacial score (nSPS) is 19.6. The van der Waals surface area contributed by atoms with Crippen molar-refractivity contribution < 1.29 is 4.74 Å². The van der Waals surface area contributed by atoms with Gasteiger partial charge in [-0.3, -0.25) is 4.99 Å². The van der Waals surface area contributed by atoms with Crippen molar-refractivity contribution in [2.24, 2.45) is 4.99 Å². The molecule has 3 N–H and O–H groups in total. The van der Waals surface area contributed by atoms with Gasteiger partial charge in [0.05, 0.1) is 12.6 Å². The van der Waals surface area contributed by atoms with Gasteiger partial charge in [-0.25, -0.2) is 0 Å². The quantitative estimate of drug-likeness (QED) is 0.276. The van der Waals surface area contributed by atoms with Crippen molar-refractivity contribution in [1.29, 1.82) is 0 Å². The van der Waals surface area contributed by atoms with Gasteiger partial charge in [0, 0.05) is 31.8 Å². The predicted octanol–water partition coefficient (Wildman–Crippen LogP) is 1.73.